The second kappa shape index (κ2) is 8.99. The van der Waals surface area contributed by atoms with Crippen LogP contribution in [-0.2, 0) is 9.84 Å². The lowest BCUT2D eigenvalue weighted by atomic mass is 10.2. The van der Waals surface area contributed by atoms with E-state index in [0.29, 0.717) is 18.3 Å². The Kier molecular flexibility index (Phi) is 8.94. The van der Waals surface area contributed by atoms with E-state index < -0.39 is 9.84 Å². The Balaban J connectivity index is 3.65. The molecule has 0 aliphatic carbocycles. The molecule has 1 unspecified atom stereocenters. The fourth-order valence-electron chi connectivity index (χ4n) is 1.67. The van der Waals surface area contributed by atoms with Gasteiger partial charge in [0.25, 0.3) is 0 Å². The molecule has 0 saturated carbocycles. The number of nitrogens with one attached hydrogen (secondary N) is 1. The Morgan fingerprint density at radius 3 is 2.31 bits per heavy atom. The summed E-state index contributed by atoms with van der Waals surface area (Å²) in [5.41, 5.74) is 0. The highest BCUT2D eigenvalue weighted by atomic mass is 32.2. The zero-order valence-corrected chi connectivity index (χ0v) is 11.8. The first-order valence-corrected chi connectivity index (χ1v) is 8.27. The van der Waals surface area contributed by atoms with Crippen LogP contribution in [0.1, 0.15) is 52.9 Å². The molecule has 4 heteroatoms. The van der Waals surface area contributed by atoms with Crippen molar-refractivity contribution in [2.75, 3.05) is 18.1 Å². The van der Waals surface area contributed by atoms with Crippen LogP contribution in [0, 0.1) is 0 Å². The second-order valence-electron chi connectivity index (χ2n) is 4.50. The van der Waals surface area contributed by atoms with Gasteiger partial charge in [-0.2, -0.15) is 0 Å². The molecule has 0 aliphatic rings. The first-order chi connectivity index (χ1) is 7.52. The molecule has 3 nitrogen and oxygen atoms in total. The van der Waals surface area contributed by atoms with E-state index in [4.69, 9.17) is 0 Å². The number of sulfone groups is 1. The Bertz CT molecular complexity index is 250. The smallest absolute Gasteiger partial charge is 0.151 e. The summed E-state index contributed by atoms with van der Waals surface area (Å²) in [7, 11) is -2.83. The van der Waals surface area contributed by atoms with Crippen LogP contribution in [0.3, 0.4) is 0 Å². The average Bonchev–Trinajstić information content (AvgIpc) is 2.18. The van der Waals surface area contributed by atoms with Crippen LogP contribution < -0.4 is 5.32 Å². The average molecular weight is 249 g/mol. The maximum atomic E-state index is 11.6. The minimum Gasteiger partial charge on any atom is -0.313 e. The molecule has 0 radical (unpaired) electrons. The van der Waals surface area contributed by atoms with Gasteiger partial charge in [-0.25, -0.2) is 8.42 Å². The van der Waals surface area contributed by atoms with Crippen molar-refractivity contribution >= 4 is 9.84 Å². The van der Waals surface area contributed by atoms with Crippen molar-refractivity contribution in [3.63, 3.8) is 0 Å². The molecule has 0 aromatic heterocycles. The van der Waals surface area contributed by atoms with E-state index >= 15 is 0 Å². The van der Waals surface area contributed by atoms with Gasteiger partial charge in [0.2, 0.25) is 0 Å². The molecule has 0 amide bonds. The first-order valence-electron chi connectivity index (χ1n) is 6.45. The first kappa shape index (κ1) is 15.9. The van der Waals surface area contributed by atoms with Crippen molar-refractivity contribution in [1.82, 2.24) is 5.32 Å². The summed E-state index contributed by atoms with van der Waals surface area (Å²) >= 11 is 0. The third-order valence-corrected chi connectivity index (χ3v) is 4.42. The third-order valence-electron chi connectivity index (χ3n) is 2.69. The predicted octanol–water partition coefficient (Wildman–Crippen LogP) is 2.37. The summed E-state index contributed by atoms with van der Waals surface area (Å²) in [5.74, 6) is 0.634. The maximum Gasteiger partial charge on any atom is 0.151 e. The van der Waals surface area contributed by atoms with Crippen molar-refractivity contribution in [2.24, 2.45) is 0 Å². The molecule has 1 N–H and O–H groups in total. The van der Waals surface area contributed by atoms with E-state index in [-0.39, 0.29) is 5.75 Å². The van der Waals surface area contributed by atoms with E-state index in [1.165, 1.54) is 0 Å². The van der Waals surface area contributed by atoms with E-state index in [1.807, 2.05) is 0 Å². The van der Waals surface area contributed by atoms with E-state index in [1.54, 1.807) is 0 Å². The third kappa shape index (κ3) is 9.16. The van der Waals surface area contributed by atoms with Gasteiger partial charge < -0.3 is 5.32 Å². The van der Waals surface area contributed by atoms with Crippen molar-refractivity contribution < 1.29 is 8.42 Å². The van der Waals surface area contributed by atoms with Gasteiger partial charge in [0.15, 0.2) is 9.84 Å². The quantitative estimate of drug-likeness (QED) is 0.605. The van der Waals surface area contributed by atoms with E-state index in [2.05, 4.69) is 26.1 Å². The summed E-state index contributed by atoms with van der Waals surface area (Å²) in [6.45, 7) is 6.92. The molecule has 0 fully saturated rings. The summed E-state index contributed by atoms with van der Waals surface area (Å²) in [4.78, 5) is 0. The molecule has 1 atom stereocenters. The van der Waals surface area contributed by atoms with Gasteiger partial charge >= 0.3 is 0 Å². The number of hydrogen-bond acceptors (Lipinski definition) is 3. The van der Waals surface area contributed by atoms with Gasteiger partial charge in [-0.1, -0.05) is 33.1 Å². The van der Waals surface area contributed by atoms with Crippen molar-refractivity contribution in [3.8, 4) is 0 Å². The Labute approximate surface area is 101 Å². The maximum absolute atomic E-state index is 11.6. The van der Waals surface area contributed by atoms with E-state index in [0.717, 1.165) is 32.1 Å². The van der Waals surface area contributed by atoms with Crippen LogP contribution in [0.4, 0.5) is 0 Å². The van der Waals surface area contributed by atoms with Crippen LogP contribution in [0.5, 0.6) is 0 Å². The molecular weight excluding hydrogens is 222 g/mol. The second-order valence-corrected chi connectivity index (χ2v) is 6.81. The molecule has 0 bridgehead atoms. The minimum atomic E-state index is -2.83. The highest BCUT2D eigenvalue weighted by Gasteiger charge is 2.10. The number of unbranched alkanes of at least 4 members (excludes halogenated alkanes) is 2. The lowest BCUT2D eigenvalue weighted by molar-refractivity contribution is 0.520. The van der Waals surface area contributed by atoms with Crippen LogP contribution in [0.2, 0.25) is 0 Å². The fourth-order valence-corrected chi connectivity index (χ4v) is 2.95. The highest BCUT2D eigenvalue weighted by Crippen LogP contribution is 2.00. The SMILES string of the molecule is CCCCCS(=O)(=O)CCNC(C)CCC. The zero-order chi connectivity index (χ0) is 12.4. The Morgan fingerprint density at radius 2 is 1.75 bits per heavy atom. The minimum absolute atomic E-state index is 0.283. The normalized spacial score (nSPS) is 13.9. The Morgan fingerprint density at radius 1 is 1.06 bits per heavy atom. The molecular formula is C12H27NO2S. The summed E-state index contributed by atoms with van der Waals surface area (Å²) < 4.78 is 23.2. The molecule has 0 aliphatic heterocycles. The van der Waals surface area contributed by atoms with Crippen molar-refractivity contribution in [2.45, 2.75) is 58.9 Å². The predicted molar refractivity (Wildman–Crippen MR) is 70.6 cm³/mol. The molecule has 0 spiro atoms. The zero-order valence-electron chi connectivity index (χ0n) is 11.0. The van der Waals surface area contributed by atoms with Crippen LogP contribution >= 0.6 is 0 Å². The number of hydrogen-bond donors (Lipinski definition) is 1. The topological polar surface area (TPSA) is 46.2 Å². The standard InChI is InChI=1S/C12H27NO2S/c1-4-6-7-10-16(14,15)11-9-13-12(3)8-5-2/h12-13H,4-11H2,1-3H3. The summed E-state index contributed by atoms with van der Waals surface area (Å²) in [6, 6.07) is 0.427. The van der Waals surface area contributed by atoms with Gasteiger partial charge in [-0.15, -0.1) is 0 Å². The lowest BCUT2D eigenvalue weighted by Gasteiger charge is -2.12. The molecule has 98 valence electrons. The molecule has 0 heterocycles. The van der Waals surface area contributed by atoms with E-state index in [9.17, 15) is 8.42 Å². The molecule has 0 aromatic carbocycles. The van der Waals surface area contributed by atoms with Gasteiger partial charge in [-0.05, 0) is 19.8 Å². The summed E-state index contributed by atoms with van der Waals surface area (Å²) in [6.07, 6.45) is 5.14. The van der Waals surface area contributed by atoms with Gasteiger partial charge in [0, 0.05) is 12.6 Å². The number of rotatable bonds is 10. The van der Waals surface area contributed by atoms with Crippen molar-refractivity contribution in [1.29, 1.82) is 0 Å². The molecule has 0 rings (SSSR count). The summed E-state index contributed by atoms with van der Waals surface area (Å²) in [5, 5.41) is 3.25. The van der Waals surface area contributed by atoms with Gasteiger partial charge in [0.05, 0.1) is 11.5 Å². The van der Waals surface area contributed by atoms with Crippen LogP contribution in [-0.4, -0.2) is 32.5 Å². The largest absolute Gasteiger partial charge is 0.313 e. The van der Waals surface area contributed by atoms with Crippen molar-refractivity contribution in [3.05, 3.63) is 0 Å². The van der Waals surface area contributed by atoms with Crippen LogP contribution in [0.15, 0.2) is 0 Å². The van der Waals surface area contributed by atoms with Gasteiger partial charge in [0.1, 0.15) is 0 Å². The molecule has 0 aromatic rings. The Hall–Kier alpha value is -0.0900. The monoisotopic (exact) mass is 249 g/mol. The highest BCUT2D eigenvalue weighted by molar-refractivity contribution is 7.91. The van der Waals surface area contributed by atoms with Crippen LogP contribution in [0.25, 0.3) is 0 Å². The lowest BCUT2D eigenvalue weighted by Crippen LogP contribution is -2.31. The molecule has 0 saturated heterocycles. The fraction of sp³-hybridized carbons (Fsp3) is 1.00. The van der Waals surface area contributed by atoms with Gasteiger partial charge in [-0.3, -0.25) is 0 Å². The molecule has 16 heavy (non-hydrogen) atoms.